The van der Waals surface area contributed by atoms with Crippen molar-refractivity contribution in [3.63, 3.8) is 0 Å². The monoisotopic (exact) mass is 197 g/mol. The van der Waals surface area contributed by atoms with Crippen molar-refractivity contribution in [1.82, 2.24) is 5.32 Å². The van der Waals surface area contributed by atoms with Gasteiger partial charge in [-0.15, -0.1) is 0 Å². The van der Waals surface area contributed by atoms with Gasteiger partial charge in [-0.3, -0.25) is 0 Å². The standard InChI is InChI=1S/C14H15N/c1-14(8-9-15-14)13-7-6-11-4-2-3-5-12(11)10-13/h2-7,10,15H,8-9H2,1H3. The van der Waals surface area contributed by atoms with Gasteiger partial charge in [0.2, 0.25) is 0 Å². The van der Waals surface area contributed by atoms with Crippen LogP contribution in [0.5, 0.6) is 0 Å². The van der Waals surface area contributed by atoms with Crippen molar-refractivity contribution in [3.8, 4) is 0 Å². The molecule has 1 heteroatoms. The molecule has 0 aromatic heterocycles. The SMILES string of the molecule is CC1(c2ccc3ccccc3c2)CCN1. The van der Waals surface area contributed by atoms with Crippen molar-refractivity contribution in [1.29, 1.82) is 0 Å². The van der Waals surface area contributed by atoms with Crippen LogP contribution in [0.3, 0.4) is 0 Å². The summed E-state index contributed by atoms with van der Waals surface area (Å²) in [5.74, 6) is 0. The highest BCUT2D eigenvalue weighted by molar-refractivity contribution is 5.83. The minimum Gasteiger partial charge on any atom is -0.307 e. The number of rotatable bonds is 1. The van der Waals surface area contributed by atoms with E-state index in [4.69, 9.17) is 0 Å². The Morgan fingerprint density at radius 1 is 1.07 bits per heavy atom. The van der Waals surface area contributed by atoms with Gasteiger partial charge in [-0.2, -0.15) is 0 Å². The topological polar surface area (TPSA) is 12.0 Å². The quantitative estimate of drug-likeness (QED) is 0.741. The van der Waals surface area contributed by atoms with Crippen molar-refractivity contribution in [2.45, 2.75) is 18.9 Å². The summed E-state index contributed by atoms with van der Waals surface area (Å²) in [6.07, 6.45) is 1.24. The van der Waals surface area contributed by atoms with E-state index in [0.29, 0.717) is 0 Å². The predicted molar refractivity (Wildman–Crippen MR) is 63.9 cm³/mol. The van der Waals surface area contributed by atoms with E-state index in [1.54, 1.807) is 0 Å². The van der Waals surface area contributed by atoms with Gasteiger partial charge in [0.1, 0.15) is 0 Å². The van der Waals surface area contributed by atoms with Crippen LogP contribution in [-0.4, -0.2) is 6.54 Å². The lowest BCUT2D eigenvalue weighted by atomic mass is 9.82. The zero-order valence-electron chi connectivity index (χ0n) is 8.96. The third-order valence-electron chi connectivity index (χ3n) is 3.53. The van der Waals surface area contributed by atoms with E-state index in [9.17, 15) is 0 Å². The van der Waals surface area contributed by atoms with Gasteiger partial charge in [0.05, 0.1) is 0 Å². The zero-order chi connectivity index (χ0) is 10.3. The Kier molecular flexibility index (Phi) is 1.83. The van der Waals surface area contributed by atoms with Gasteiger partial charge in [0, 0.05) is 5.54 Å². The molecule has 2 aromatic rings. The maximum absolute atomic E-state index is 3.50. The first-order chi connectivity index (χ1) is 7.28. The van der Waals surface area contributed by atoms with E-state index in [1.165, 1.54) is 22.8 Å². The lowest BCUT2D eigenvalue weighted by Gasteiger charge is -2.40. The molecule has 1 aliphatic rings. The summed E-state index contributed by atoms with van der Waals surface area (Å²) in [6, 6.07) is 15.3. The fraction of sp³-hybridized carbons (Fsp3) is 0.286. The van der Waals surface area contributed by atoms with Crippen molar-refractivity contribution in [2.24, 2.45) is 0 Å². The third-order valence-corrected chi connectivity index (χ3v) is 3.53. The van der Waals surface area contributed by atoms with Gasteiger partial charge >= 0.3 is 0 Å². The second-order valence-corrected chi connectivity index (χ2v) is 4.57. The Bertz CT molecular complexity index is 497. The Labute approximate surface area is 90.1 Å². The summed E-state index contributed by atoms with van der Waals surface area (Å²) in [5, 5.41) is 6.16. The number of hydrogen-bond donors (Lipinski definition) is 1. The molecule has 1 saturated heterocycles. The van der Waals surface area contributed by atoms with Crippen LogP contribution in [0.15, 0.2) is 42.5 Å². The van der Waals surface area contributed by atoms with Crippen LogP contribution in [0.1, 0.15) is 18.9 Å². The molecular weight excluding hydrogens is 182 g/mol. The first-order valence-electron chi connectivity index (χ1n) is 5.52. The summed E-state index contributed by atoms with van der Waals surface area (Å²) in [4.78, 5) is 0. The molecule has 0 saturated carbocycles. The molecule has 1 heterocycles. The van der Waals surface area contributed by atoms with E-state index in [-0.39, 0.29) is 5.54 Å². The number of nitrogens with one attached hydrogen (secondary N) is 1. The van der Waals surface area contributed by atoms with Crippen LogP contribution in [0.2, 0.25) is 0 Å². The Morgan fingerprint density at radius 2 is 1.80 bits per heavy atom. The van der Waals surface area contributed by atoms with Crippen molar-refractivity contribution in [2.75, 3.05) is 6.54 Å². The molecule has 3 rings (SSSR count). The van der Waals surface area contributed by atoms with Gasteiger partial charge < -0.3 is 5.32 Å². The van der Waals surface area contributed by atoms with Crippen LogP contribution in [0.25, 0.3) is 10.8 Å². The highest BCUT2D eigenvalue weighted by Crippen LogP contribution is 2.32. The van der Waals surface area contributed by atoms with Crippen LogP contribution in [0.4, 0.5) is 0 Å². The molecule has 1 fully saturated rings. The zero-order valence-corrected chi connectivity index (χ0v) is 8.96. The molecule has 1 unspecified atom stereocenters. The Morgan fingerprint density at radius 3 is 2.47 bits per heavy atom. The summed E-state index contributed by atoms with van der Waals surface area (Å²) >= 11 is 0. The third kappa shape index (κ3) is 1.35. The van der Waals surface area contributed by atoms with Crippen LogP contribution in [-0.2, 0) is 5.54 Å². The molecule has 0 radical (unpaired) electrons. The largest absolute Gasteiger partial charge is 0.307 e. The molecule has 15 heavy (non-hydrogen) atoms. The Hall–Kier alpha value is -1.34. The average molecular weight is 197 g/mol. The van der Waals surface area contributed by atoms with Gasteiger partial charge in [-0.25, -0.2) is 0 Å². The summed E-state index contributed by atoms with van der Waals surface area (Å²) < 4.78 is 0. The van der Waals surface area contributed by atoms with E-state index in [1.807, 2.05) is 0 Å². The maximum atomic E-state index is 3.50. The van der Waals surface area contributed by atoms with E-state index in [2.05, 4.69) is 54.7 Å². The van der Waals surface area contributed by atoms with E-state index >= 15 is 0 Å². The fourth-order valence-electron chi connectivity index (χ4n) is 2.28. The molecule has 76 valence electrons. The van der Waals surface area contributed by atoms with Crippen molar-refractivity contribution < 1.29 is 0 Å². The number of benzene rings is 2. The van der Waals surface area contributed by atoms with Crippen LogP contribution in [0, 0.1) is 0 Å². The lowest BCUT2D eigenvalue weighted by Crippen LogP contribution is -2.51. The fourth-order valence-corrected chi connectivity index (χ4v) is 2.28. The van der Waals surface area contributed by atoms with Crippen LogP contribution < -0.4 is 5.32 Å². The van der Waals surface area contributed by atoms with Gasteiger partial charge in [0.15, 0.2) is 0 Å². The summed E-state index contributed by atoms with van der Waals surface area (Å²) in [7, 11) is 0. The molecule has 1 N–H and O–H groups in total. The highest BCUT2D eigenvalue weighted by Gasteiger charge is 2.32. The Balaban J connectivity index is 2.14. The molecule has 0 spiro atoms. The second kappa shape index (κ2) is 3.07. The van der Waals surface area contributed by atoms with Gasteiger partial charge in [-0.05, 0) is 42.3 Å². The van der Waals surface area contributed by atoms with Gasteiger partial charge in [0.25, 0.3) is 0 Å². The van der Waals surface area contributed by atoms with Crippen molar-refractivity contribution >= 4 is 10.8 Å². The minimum absolute atomic E-state index is 0.212. The van der Waals surface area contributed by atoms with Gasteiger partial charge in [-0.1, -0.05) is 36.4 Å². The number of hydrogen-bond acceptors (Lipinski definition) is 1. The smallest absolute Gasteiger partial charge is 0.0418 e. The molecule has 1 aliphatic heterocycles. The molecule has 1 atom stereocenters. The minimum atomic E-state index is 0.212. The summed E-state index contributed by atoms with van der Waals surface area (Å²) in [5.41, 5.74) is 1.62. The molecule has 1 nitrogen and oxygen atoms in total. The molecule has 0 amide bonds. The lowest BCUT2D eigenvalue weighted by molar-refractivity contribution is 0.237. The summed E-state index contributed by atoms with van der Waals surface area (Å²) in [6.45, 7) is 3.42. The molecule has 0 bridgehead atoms. The van der Waals surface area contributed by atoms with E-state index in [0.717, 1.165) is 6.54 Å². The average Bonchev–Trinajstić information content (AvgIpc) is 2.25. The molecular formula is C14H15N. The normalized spacial score (nSPS) is 25.1. The second-order valence-electron chi connectivity index (χ2n) is 4.57. The van der Waals surface area contributed by atoms with Crippen LogP contribution >= 0.6 is 0 Å². The highest BCUT2D eigenvalue weighted by atomic mass is 15.0. The first kappa shape index (κ1) is 8.93. The maximum Gasteiger partial charge on any atom is 0.0418 e. The molecule has 0 aliphatic carbocycles. The number of fused-ring (bicyclic) bond motifs is 1. The van der Waals surface area contributed by atoms with Crippen molar-refractivity contribution in [3.05, 3.63) is 48.0 Å². The first-order valence-corrected chi connectivity index (χ1v) is 5.52. The predicted octanol–water partition coefficient (Wildman–Crippen LogP) is 3.05. The molecule has 2 aromatic carbocycles. The van der Waals surface area contributed by atoms with E-state index < -0.39 is 0 Å².